The zero-order valence-corrected chi connectivity index (χ0v) is 16.2. The maximum atomic E-state index is 13.4. The number of nitrogens with one attached hydrogen (secondary N) is 1. The predicted molar refractivity (Wildman–Crippen MR) is 106 cm³/mol. The summed E-state index contributed by atoms with van der Waals surface area (Å²) in [4.78, 5) is 28.4. The molecule has 1 amide bonds. The van der Waals surface area contributed by atoms with Crippen LogP contribution in [0.1, 0.15) is 26.5 Å². The maximum absolute atomic E-state index is 13.4. The average molecular weight is 399 g/mol. The number of hydrogen-bond donors (Lipinski definition) is 1. The van der Waals surface area contributed by atoms with Gasteiger partial charge >= 0.3 is 0 Å². The molecule has 3 aromatic rings. The van der Waals surface area contributed by atoms with Crippen molar-refractivity contribution in [3.05, 3.63) is 80.1 Å². The first kappa shape index (κ1) is 19.6. The Kier molecular flexibility index (Phi) is 5.79. The molecule has 144 valence electrons. The second-order valence-corrected chi connectivity index (χ2v) is 7.33. The number of benzene rings is 2. The Morgan fingerprint density at radius 3 is 2.71 bits per heavy atom. The summed E-state index contributed by atoms with van der Waals surface area (Å²) in [6.07, 6.45) is 0.568. The van der Waals surface area contributed by atoms with Crippen LogP contribution in [-0.2, 0) is 6.42 Å². The molecule has 0 atom stereocenters. The molecule has 0 saturated heterocycles. The highest BCUT2D eigenvalue weighted by Crippen LogP contribution is 2.28. The van der Waals surface area contributed by atoms with Crippen molar-refractivity contribution < 1.29 is 14.1 Å². The van der Waals surface area contributed by atoms with Crippen LogP contribution in [0.2, 0.25) is 0 Å². The summed E-state index contributed by atoms with van der Waals surface area (Å²) in [7, 11) is 0. The van der Waals surface area contributed by atoms with Crippen LogP contribution < -0.4 is 5.32 Å². The molecule has 0 saturated carbocycles. The van der Waals surface area contributed by atoms with E-state index in [1.807, 2.05) is 6.92 Å². The average Bonchev–Trinajstić information content (AvgIpc) is 3.02. The van der Waals surface area contributed by atoms with Crippen LogP contribution in [0.15, 0.2) is 42.5 Å². The van der Waals surface area contributed by atoms with Crippen LogP contribution in [0, 0.1) is 29.8 Å². The van der Waals surface area contributed by atoms with Crippen LogP contribution >= 0.6 is 11.3 Å². The van der Waals surface area contributed by atoms with Gasteiger partial charge in [0.25, 0.3) is 11.6 Å². The van der Waals surface area contributed by atoms with Gasteiger partial charge in [0, 0.05) is 40.6 Å². The predicted octanol–water partition coefficient (Wildman–Crippen LogP) is 4.45. The molecule has 0 bridgehead atoms. The lowest BCUT2D eigenvalue weighted by atomic mass is 10.1. The quantitative estimate of drug-likeness (QED) is 0.490. The Morgan fingerprint density at radius 1 is 1.25 bits per heavy atom. The molecule has 0 fully saturated rings. The minimum absolute atomic E-state index is 0.0781. The molecule has 2 aromatic carbocycles. The molecule has 0 aliphatic rings. The largest absolute Gasteiger partial charge is 0.352 e. The SMILES string of the molecule is Cc1nc(-c2cccc(F)c2)sc1CCNC(=O)c1cccc([N+](=O)[O-])c1C. The van der Waals surface area contributed by atoms with Gasteiger partial charge in [-0.15, -0.1) is 11.3 Å². The van der Waals surface area contributed by atoms with Crippen LogP contribution in [-0.4, -0.2) is 22.4 Å². The second kappa shape index (κ2) is 8.26. The molecule has 0 aliphatic carbocycles. The van der Waals surface area contributed by atoms with Gasteiger partial charge in [-0.3, -0.25) is 14.9 Å². The highest BCUT2D eigenvalue weighted by molar-refractivity contribution is 7.15. The van der Waals surface area contributed by atoms with E-state index in [9.17, 15) is 19.3 Å². The maximum Gasteiger partial charge on any atom is 0.273 e. The van der Waals surface area contributed by atoms with Gasteiger partial charge in [0.15, 0.2) is 0 Å². The van der Waals surface area contributed by atoms with Gasteiger partial charge in [-0.05, 0) is 32.0 Å². The highest BCUT2D eigenvalue weighted by atomic mass is 32.1. The van der Waals surface area contributed by atoms with Crippen molar-refractivity contribution in [2.24, 2.45) is 0 Å². The Hall–Kier alpha value is -3.13. The molecule has 6 nitrogen and oxygen atoms in total. The first-order chi connectivity index (χ1) is 13.4. The van der Waals surface area contributed by atoms with E-state index in [2.05, 4.69) is 10.3 Å². The van der Waals surface area contributed by atoms with Crippen molar-refractivity contribution in [3.8, 4) is 10.6 Å². The van der Waals surface area contributed by atoms with Crippen LogP contribution in [0.3, 0.4) is 0 Å². The number of rotatable bonds is 6. The monoisotopic (exact) mass is 399 g/mol. The van der Waals surface area contributed by atoms with Gasteiger partial charge in [-0.1, -0.05) is 18.2 Å². The van der Waals surface area contributed by atoms with Crippen LogP contribution in [0.4, 0.5) is 10.1 Å². The smallest absolute Gasteiger partial charge is 0.273 e. The van der Waals surface area contributed by atoms with Crippen molar-refractivity contribution in [1.29, 1.82) is 0 Å². The van der Waals surface area contributed by atoms with Gasteiger partial charge in [0.1, 0.15) is 10.8 Å². The molecule has 3 rings (SSSR count). The van der Waals surface area contributed by atoms with E-state index >= 15 is 0 Å². The number of carbonyl (C=O) groups excluding carboxylic acids is 1. The molecule has 0 spiro atoms. The van der Waals surface area contributed by atoms with Crippen LogP contribution in [0.5, 0.6) is 0 Å². The number of aryl methyl sites for hydroxylation is 1. The molecule has 1 N–H and O–H groups in total. The molecular formula is C20H18FN3O3S. The number of carbonyl (C=O) groups is 1. The van der Waals surface area contributed by atoms with E-state index in [1.165, 1.54) is 35.6 Å². The van der Waals surface area contributed by atoms with Gasteiger partial charge in [-0.25, -0.2) is 9.37 Å². The van der Waals surface area contributed by atoms with Gasteiger partial charge < -0.3 is 5.32 Å². The number of amides is 1. The van der Waals surface area contributed by atoms with Crippen molar-refractivity contribution in [2.75, 3.05) is 6.54 Å². The molecule has 0 radical (unpaired) electrons. The van der Waals surface area contributed by atoms with E-state index in [0.717, 1.165) is 21.1 Å². The van der Waals surface area contributed by atoms with Crippen molar-refractivity contribution in [1.82, 2.24) is 10.3 Å². The summed E-state index contributed by atoms with van der Waals surface area (Å²) >= 11 is 1.46. The summed E-state index contributed by atoms with van der Waals surface area (Å²) < 4.78 is 13.4. The molecule has 28 heavy (non-hydrogen) atoms. The lowest BCUT2D eigenvalue weighted by Gasteiger charge is -2.07. The fourth-order valence-electron chi connectivity index (χ4n) is 2.86. The summed E-state index contributed by atoms with van der Waals surface area (Å²) in [6, 6.07) is 10.7. The number of thiazole rings is 1. The van der Waals surface area contributed by atoms with E-state index in [1.54, 1.807) is 25.1 Å². The Morgan fingerprint density at radius 2 is 2.00 bits per heavy atom. The standard InChI is InChI=1S/C20H18FN3O3S/c1-12-16(7-4-8-17(12)24(26)27)19(25)22-10-9-18-13(2)23-20(28-18)14-5-3-6-15(21)11-14/h3-8,11H,9-10H2,1-2H3,(H,22,25). The number of nitro benzene ring substituents is 1. The number of halogens is 1. The summed E-state index contributed by atoms with van der Waals surface area (Å²) in [5.41, 5.74) is 2.11. The molecule has 8 heteroatoms. The second-order valence-electron chi connectivity index (χ2n) is 6.25. The lowest BCUT2D eigenvalue weighted by Crippen LogP contribution is -2.26. The lowest BCUT2D eigenvalue weighted by molar-refractivity contribution is -0.385. The Labute approximate surface area is 165 Å². The topological polar surface area (TPSA) is 85.1 Å². The number of nitrogens with zero attached hydrogens (tertiary/aromatic N) is 2. The Bertz CT molecular complexity index is 1050. The van der Waals surface area contributed by atoms with Crippen molar-refractivity contribution >= 4 is 22.9 Å². The fourth-order valence-corrected chi connectivity index (χ4v) is 3.92. The fraction of sp³-hybridized carbons (Fsp3) is 0.200. The number of hydrogen-bond acceptors (Lipinski definition) is 5. The van der Waals surface area contributed by atoms with E-state index in [0.29, 0.717) is 18.5 Å². The third kappa shape index (κ3) is 4.23. The molecule has 1 heterocycles. The first-order valence-corrected chi connectivity index (χ1v) is 9.43. The summed E-state index contributed by atoms with van der Waals surface area (Å²) in [5, 5.41) is 14.5. The third-order valence-corrected chi connectivity index (χ3v) is 5.61. The molecule has 0 aliphatic heterocycles. The normalized spacial score (nSPS) is 10.7. The summed E-state index contributed by atoms with van der Waals surface area (Å²) in [6.45, 7) is 3.80. The number of aromatic nitrogens is 1. The highest BCUT2D eigenvalue weighted by Gasteiger charge is 2.18. The van der Waals surface area contributed by atoms with Crippen molar-refractivity contribution in [2.45, 2.75) is 20.3 Å². The zero-order chi connectivity index (χ0) is 20.3. The van der Waals surface area contributed by atoms with Gasteiger partial charge in [0.2, 0.25) is 0 Å². The van der Waals surface area contributed by atoms with E-state index in [4.69, 9.17) is 0 Å². The summed E-state index contributed by atoms with van der Waals surface area (Å²) in [5.74, 6) is -0.666. The molecular weight excluding hydrogens is 381 g/mol. The zero-order valence-electron chi connectivity index (χ0n) is 15.4. The first-order valence-electron chi connectivity index (χ1n) is 8.61. The molecule has 1 aromatic heterocycles. The third-order valence-electron chi connectivity index (χ3n) is 4.35. The van der Waals surface area contributed by atoms with E-state index < -0.39 is 4.92 Å². The van der Waals surface area contributed by atoms with Crippen molar-refractivity contribution in [3.63, 3.8) is 0 Å². The van der Waals surface area contributed by atoms with Crippen LogP contribution in [0.25, 0.3) is 10.6 Å². The van der Waals surface area contributed by atoms with Gasteiger partial charge in [-0.2, -0.15) is 0 Å². The number of nitro groups is 1. The molecule has 0 unspecified atom stereocenters. The minimum atomic E-state index is -0.499. The Balaban J connectivity index is 1.67. The minimum Gasteiger partial charge on any atom is -0.352 e. The van der Waals surface area contributed by atoms with E-state index in [-0.39, 0.29) is 23.0 Å². The van der Waals surface area contributed by atoms with Gasteiger partial charge in [0.05, 0.1) is 10.6 Å².